The van der Waals surface area contributed by atoms with Gasteiger partial charge >= 0.3 is 0 Å². The topological polar surface area (TPSA) is 0 Å². The average molecular weight is 463 g/mol. The van der Waals surface area contributed by atoms with Crippen molar-refractivity contribution < 1.29 is 13.2 Å². The quantitative estimate of drug-likeness (QED) is 0.293. The molecule has 0 amide bonds. The minimum atomic E-state index is -1.11. The summed E-state index contributed by atoms with van der Waals surface area (Å²) in [6.45, 7) is 5.71. The van der Waals surface area contributed by atoms with Crippen molar-refractivity contribution in [1.29, 1.82) is 0 Å². The van der Waals surface area contributed by atoms with Crippen molar-refractivity contribution in [2.24, 2.45) is 11.8 Å². The number of fused-ring (bicyclic) bond motifs is 1. The van der Waals surface area contributed by atoms with Gasteiger partial charge in [-0.25, -0.2) is 13.2 Å². The van der Waals surface area contributed by atoms with E-state index in [0.717, 1.165) is 18.3 Å². The van der Waals surface area contributed by atoms with E-state index in [9.17, 15) is 8.78 Å². The van der Waals surface area contributed by atoms with Crippen LogP contribution in [-0.4, -0.2) is 0 Å². The van der Waals surface area contributed by atoms with Gasteiger partial charge in [0.2, 0.25) is 0 Å². The monoisotopic (exact) mass is 462 g/mol. The number of benzene rings is 3. The zero-order chi connectivity index (χ0) is 24.1. The lowest BCUT2D eigenvalue weighted by Gasteiger charge is -2.26. The van der Waals surface area contributed by atoms with Crippen LogP contribution in [0.1, 0.15) is 56.6 Å². The van der Waals surface area contributed by atoms with Crippen LogP contribution in [0.15, 0.2) is 67.3 Å². The molecule has 4 rings (SSSR count). The Kier molecular flexibility index (Phi) is 7.92. The smallest absolute Gasteiger partial charge is 0.169 e. The summed E-state index contributed by atoms with van der Waals surface area (Å²) in [4.78, 5) is 0. The van der Waals surface area contributed by atoms with Gasteiger partial charge in [-0.05, 0) is 98.3 Å². The molecule has 0 spiro atoms. The van der Waals surface area contributed by atoms with Crippen molar-refractivity contribution >= 4 is 10.8 Å². The zero-order valence-electron chi connectivity index (χ0n) is 19.9. The molecule has 3 aromatic carbocycles. The first-order valence-corrected chi connectivity index (χ1v) is 12.4. The number of hydrogen-bond acceptors (Lipinski definition) is 0. The molecule has 3 aromatic rings. The van der Waals surface area contributed by atoms with Gasteiger partial charge < -0.3 is 0 Å². The molecule has 0 N–H and O–H groups in total. The van der Waals surface area contributed by atoms with E-state index >= 15 is 4.39 Å². The molecule has 1 fully saturated rings. The second-order valence-corrected chi connectivity index (χ2v) is 9.56. The Morgan fingerprint density at radius 3 is 2.29 bits per heavy atom. The van der Waals surface area contributed by atoms with Crippen molar-refractivity contribution in [2.75, 3.05) is 0 Å². The highest BCUT2D eigenvalue weighted by molar-refractivity contribution is 5.89. The molecule has 0 bridgehead atoms. The molecule has 0 aliphatic heterocycles. The molecular formula is C31H33F3. The zero-order valence-corrected chi connectivity index (χ0v) is 19.9. The third-order valence-electron chi connectivity index (χ3n) is 7.28. The fourth-order valence-electron chi connectivity index (χ4n) is 5.26. The number of aryl methyl sites for hydroxylation is 2. The Morgan fingerprint density at radius 1 is 0.882 bits per heavy atom. The molecular weight excluding hydrogens is 429 g/mol. The maximum absolute atomic E-state index is 15.3. The molecule has 34 heavy (non-hydrogen) atoms. The summed E-state index contributed by atoms with van der Waals surface area (Å²) in [7, 11) is 0. The maximum atomic E-state index is 15.3. The van der Waals surface area contributed by atoms with Crippen molar-refractivity contribution in [3.63, 3.8) is 0 Å². The van der Waals surface area contributed by atoms with Crippen LogP contribution < -0.4 is 0 Å². The number of hydrogen-bond donors (Lipinski definition) is 0. The van der Waals surface area contributed by atoms with Crippen LogP contribution in [0.4, 0.5) is 13.2 Å². The van der Waals surface area contributed by atoms with Crippen molar-refractivity contribution in [3.05, 3.63) is 95.9 Å². The van der Waals surface area contributed by atoms with Gasteiger partial charge in [0.05, 0.1) is 5.39 Å². The van der Waals surface area contributed by atoms with Gasteiger partial charge in [-0.15, -0.1) is 6.58 Å². The summed E-state index contributed by atoms with van der Waals surface area (Å²) < 4.78 is 44.7. The lowest BCUT2D eigenvalue weighted by atomic mass is 9.79. The predicted octanol–water partition coefficient (Wildman–Crippen LogP) is 9.36. The standard InChI is InChI=1S/C31H33F3/c1-3-5-7-26-20-25-18-19-27(30(33)28(25)31(34)29(26)32)24-16-14-23(15-17-24)13-12-22-10-8-21(6-4-2)9-11-22/h3-4,6,14-22H,1,5,7-13H2,2H3/b6-4+. The van der Waals surface area contributed by atoms with Gasteiger partial charge in [0.1, 0.15) is 5.82 Å². The third kappa shape index (κ3) is 5.29. The molecule has 0 radical (unpaired) electrons. The molecule has 0 nitrogen and oxygen atoms in total. The summed E-state index contributed by atoms with van der Waals surface area (Å²) in [5.41, 5.74) is 2.44. The molecule has 0 saturated heterocycles. The number of halogens is 3. The van der Waals surface area contributed by atoms with Crippen LogP contribution in [0, 0.1) is 29.3 Å². The summed E-state index contributed by atoms with van der Waals surface area (Å²) in [5, 5.41) is 0.0925. The van der Waals surface area contributed by atoms with Gasteiger partial charge in [-0.1, -0.05) is 54.6 Å². The molecule has 1 aliphatic rings. The van der Waals surface area contributed by atoms with Crippen LogP contribution >= 0.6 is 0 Å². The number of rotatable bonds is 8. The summed E-state index contributed by atoms with van der Waals surface area (Å²) in [6, 6.07) is 12.7. The van der Waals surface area contributed by atoms with E-state index in [1.54, 1.807) is 24.3 Å². The van der Waals surface area contributed by atoms with Crippen LogP contribution in [0.5, 0.6) is 0 Å². The van der Waals surface area contributed by atoms with Crippen molar-refractivity contribution in [2.45, 2.75) is 58.3 Å². The van der Waals surface area contributed by atoms with Crippen LogP contribution in [0.25, 0.3) is 21.9 Å². The van der Waals surface area contributed by atoms with E-state index in [1.807, 2.05) is 24.3 Å². The van der Waals surface area contributed by atoms with E-state index in [2.05, 4.69) is 25.7 Å². The molecule has 3 heteroatoms. The molecule has 0 aromatic heterocycles. The van der Waals surface area contributed by atoms with E-state index in [4.69, 9.17) is 0 Å². The van der Waals surface area contributed by atoms with E-state index in [0.29, 0.717) is 29.4 Å². The third-order valence-corrected chi connectivity index (χ3v) is 7.28. The molecule has 0 heterocycles. The first-order chi connectivity index (χ1) is 16.5. The first-order valence-electron chi connectivity index (χ1n) is 12.4. The summed E-state index contributed by atoms with van der Waals surface area (Å²) in [5.74, 6) is -1.28. The van der Waals surface area contributed by atoms with Gasteiger partial charge in [-0.2, -0.15) is 0 Å². The largest absolute Gasteiger partial charge is 0.206 e. The molecule has 0 unspecified atom stereocenters. The highest BCUT2D eigenvalue weighted by Crippen LogP contribution is 2.34. The number of allylic oxidation sites excluding steroid dienone is 3. The highest BCUT2D eigenvalue weighted by Gasteiger charge is 2.20. The fourth-order valence-corrected chi connectivity index (χ4v) is 5.26. The normalized spacial score (nSPS) is 18.6. The lowest BCUT2D eigenvalue weighted by Crippen LogP contribution is -2.13. The van der Waals surface area contributed by atoms with Gasteiger partial charge in [0.15, 0.2) is 11.6 Å². The maximum Gasteiger partial charge on any atom is 0.169 e. The van der Waals surface area contributed by atoms with Gasteiger partial charge in [0.25, 0.3) is 0 Å². The Bertz CT molecular complexity index is 1170. The SMILES string of the molecule is C=CCCc1cc2ccc(-c3ccc(CCC4CCC(/C=C/C)CC4)cc3)c(F)c2c(F)c1F. The Balaban J connectivity index is 1.48. The van der Waals surface area contributed by atoms with Crippen LogP contribution in [-0.2, 0) is 12.8 Å². The predicted molar refractivity (Wildman–Crippen MR) is 136 cm³/mol. The summed E-state index contributed by atoms with van der Waals surface area (Å²) >= 11 is 0. The second-order valence-electron chi connectivity index (χ2n) is 9.56. The Morgan fingerprint density at radius 2 is 1.62 bits per heavy atom. The lowest BCUT2D eigenvalue weighted by molar-refractivity contribution is 0.296. The first kappa shape index (κ1) is 24.3. The molecule has 178 valence electrons. The second kappa shape index (κ2) is 11.1. The Labute approximate surface area is 201 Å². The van der Waals surface area contributed by atoms with Gasteiger partial charge in [0, 0.05) is 5.56 Å². The van der Waals surface area contributed by atoms with Crippen LogP contribution in [0.2, 0.25) is 0 Å². The van der Waals surface area contributed by atoms with Crippen LogP contribution in [0.3, 0.4) is 0 Å². The molecule has 0 atom stereocenters. The van der Waals surface area contributed by atoms with E-state index in [1.165, 1.54) is 37.7 Å². The minimum absolute atomic E-state index is 0.247. The van der Waals surface area contributed by atoms with Gasteiger partial charge in [-0.3, -0.25) is 0 Å². The van der Waals surface area contributed by atoms with Crippen molar-refractivity contribution in [1.82, 2.24) is 0 Å². The Hall–Kier alpha value is -2.81. The average Bonchev–Trinajstić information content (AvgIpc) is 2.85. The summed E-state index contributed by atoms with van der Waals surface area (Å²) in [6.07, 6.45) is 14.3. The molecule has 1 aliphatic carbocycles. The fraction of sp³-hybridized carbons (Fsp3) is 0.355. The van der Waals surface area contributed by atoms with E-state index in [-0.39, 0.29) is 10.9 Å². The minimum Gasteiger partial charge on any atom is -0.206 e. The highest BCUT2D eigenvalue weighted by atomic mass is 19.2. The molecule has 1 saturated carbocycles. The van der Waals surface area contributed by atoms with Crippen molar-refractivity contribution in [3.8, 4) is 11.1 Å². The van der Waals surface area contributed by atoms with E-state index < -0.39 is 17.5 Å².